The van der Waals surface area contributed by atoms with Gasteiger partial charge < -0.3 is 0 Å². The molecule has 0 unspecified atom stereocenters. The zero-order chi connectivity index (χ0) is 18.6. The highest BCUT2D eigenvalue weighted by Crippen LogP contribution is 2.31. The quantitative estimate of drug-likeness (QED) is 0.512. The van der Waals surface area contributed by atoms with Crippen molar-refractivity contribution < 1.29 is 0 Å². The van der Waals surface area contributed by atoms with E-state index in [4.69, 9.17) is 15.5 Å². The third-order valence-corrected chi connectivity index (χ3v) is 4.17. The van der Waals surface area contributed by atoms with Crippen molar-refractivity contribution in [1.82, 2.24) is 9.38 Å². The maximum Gasteiger partial charge on any atom is 0.165 e. The highest BCUT2D eigenvalue weighted by Gasteiger charge is 2.13. The van der Waals surface area contributed by atoms with Crippen LogP contribution in [0, 0.1) is 22.7 Å². The lowest BCUT2D eigenvalue weighted by Crippen LogP contribution is -1.85. The Hall–Kier alpha value is -4.22. The van der Waals surface area contributed by atoms with Gasteiger partial charge in [0.1, 0.15) is 11.3 Å². The Kier molecular flexibility index (Phi) is 4.19. The number of hydrogen-bond acceptors (Lipinski definition) is 4. The molecule has 2 aromatic carbocycles. The molecule has 126 valence electrons. The van der Waals surface area contributed by atoms with Gasteiger partial charge in [0.15, 0.2) is 5.82 Å². The Labute approximate surface area is 156 Å². The molecule has 2 heterocycles. The van der Waals surface area contributed by atoms with Crippen LogP contribution in [0.25, 0.3) is 16.9 Å². The average Bonchev–Trinajstić information content (AvgIpc) is 3.11. The van der Waals surface area contributed by atoms with Gasteiger partial charge in [0.05, 0.1) is 23.3 Å². The molecule has 0 aliphatic rings. The highest BCUT2D eigenvalue weighted by atomic mass is 15.1. The second kappa shape index (κ2) is 6.95. The highest BCUT2D eigenvalue weighted by molar-refractivity contribution is 5.85. The van der Waals surface area contributed by atoms with Crippen molar-refractivity contribution in [1.29, 1.82) is 10.5 Å². The topological polar surface area (TPSA) is 77.2 Å². The van der Waals surface area contributed by atoms with E-state index in [1.54, 1.807) is 30.5 Å². The first-order chi connectivity index (χ1) is 13.3. The third kappa shape index (κ3) is 3.18. The summed E-state index contributed by atoms with van der Waals surface area (Å²) in [5.41, 5.74) is 4.54. The summed E-state index contributed by atoms with van der Waals surface area (Å²) in [7, 11) is 0. The SMILES string of the molecule is N#Cc1ccc(/C=N/c2c(-c3ccc(C#N)cc3)nc3ccccn23)cc1. The zero-order valence-electron chi connectivity index (χ0n) is 14.2. The molecule has 0 bridgehead atoms. The number of nitrogens with zero attached hydrogens (tertiary/aromatic N) is 5. The van der Waals surface area contributed by atoms with E-state index in [1.807, 2.05) is 53.1 Å². The molecular formula is C22H13N5. The second-order valence-electron chi connectivity index (χ2n) is 5.89. The Balaban J connectivity index is 1.81. The van der Waals surface area contributed by atoms with E-state index in [9.17, 15) is 0 Å². The molecule has 0 atom stereocenters. The van der Waals surface area contributed by atoms with E-state index in [2.05, 4.69) is 17.1 Å². The van der Waals surface area contributed by atoms with Crippen molar-refractivity contribution in [3.05, 3.63) is 89.6 Å². The summed E-state index contributed by atoms with van der Waals surface area (Å²) in [6, 6.07) is 24.5. The molecular weight excluding hydrogens is 334 g/mol. The van der Waals surface area contributed by atoms with Crippen molar-refractivity contribution in [3.8, 4) is 23.4 Å². The predicted molar refractivity (Wildman–Crippen MR) is 104 cm³/mol. The largest absolute Gasteiger partial charge is 0.284 e. The maximum atomic E-state index is 9.00. The molecule has 5 heteroatoms. The van der Waals surface area contributed by atoms with Crippen LogP contribution in [0.3, 0.4) is 0 Å². The molecule has 2 aromatic heterocycles. The van der Waals surface area contributed by atoms with Gasteiger partial charge in [0.25, 0.3) is 0 Å². The van der Waals surface area contributed by atoms with Crippen molar-refractivity contribution in [2.45, 2.75) is 0 Å². The summed E-state index contributed by atoms with van der Waals surface area (Å²) in [5.74, 6) is 0.708. The third-order valence-electron chi connectivity index (χ3n) is 4.17. The van der Waals surface area contributed by atoms with Gasteiger partial charge in [-0.2, -0.15) is 10.5 Å². The summed E-state index contributed by atoms with van der Waals surface area (Å²) < 4.78 is 1.92. The van der Waals surface area contributed by atoms with Gasteiger partial charge in [-0.05, 0) is 42.0 Å². The van der Waals surface area contributed by atoms with Crippen molar-refractivity contribution >= 4 is 17.7 Å². The number of aliphatic imine (C=N–C) groups is 1. The smallest absolute Gasteiger partial charge is 0.165 e. The number of pyridine rings is 1. The van der Waals surface area contributed by atoms with Crippen LogP contribution in [0.15, 0.2) is 77.9 Å². The van der Waals surface area contributed by atoms with Gasteiger partial charge in [-0.1, -0.05) is 30.3 Å². The summed E-state index contributed by atoms with van der Waals surface area (Å²) in [6.45, 7) is 0. The minimum Gasteiger partial charge on any atom is -0.284 e. The fraction of sp³-hybridized carbons (Fsp3) is 0. The van der Waals surface area contributed by atoms with Crippen molar-refractivity contribution in [2.24, 2.45) is 4.99 Å². The second-order valence-corrected chi connectivity index (χ2v) is 5.89. The van der Waals surface area contributed by atoms with Gasteiger partial charge in [0, 0.05) is 18.0 Å². The molecule has 0 fully saturated rings. The van der Waals surface area contributed by atoms with E-state index in [-0.39, 0.29) is 0 Å². The summed E-state index contributed by atoms with van der Waals surface area (Å²) in [6.07, 6.45) is 3.67. The van der Waals surface area contributed by atoms with E-state index in [0.29, 0.717) is 16.9 Å². The summed E-state index contributed by atoms with van der Waals surface area (Å²) >= 11 is 0. The molecule has 27 heavy (non-hydrogen) atoms. The average molecular weight is 347 g/mol. The first kappa shape index (κ1) is 16.3. The molecule has 4 rings (SSSR count). The molecule has 0 aliphatic carbocycles. The van der Waals surface area contributed by atoms with Crippen LogP contribution in [0.4, 0.5) is 5.82 Å². The Morgan fingerprint density at radius 3 is 2.19 bits per heavy atom. The van der Waals surface area contributed by atoms with Gasteiger partial charge in [0.2, 0.25) is 0 Å². The van der Waals surface area contributed by atoms with Crippen LogP contribution < -0.4 is 0 Å². The van der Waals surface area contributed by atoms with Crippen LogP contribution in [0.2, 0.25) is 0 Å². The summed E-state index contributed by atoms with van der Waals surface area (Å²) in [5, 5.41) is 17.9. The fourth-order valence-corrected chi connectivity index (χ4v) is 2.78. The minimum atomic E-state index is 0.602. The standard InChI is InChI=1S/C22H13N5/c23-13-16-4-6-18(7-5-16)15-25-22-21(19-10-8-17(14-24)9-11-19)26-20-3-1-2-12-27(20)22/h1-12,15H/b25-15+. The molecule has 0 amide bonds. The van der Waals surface area contributed by atoms with Gasteiger partial charge in [-0.25, -0.2) is 9.98 Å². The molecule has 0 aliphatic heterocycles. The molecule has 0 radical (unpaired) electrons. The Morgan fingerprint density at radius 2 is 1.52 bits per heavy atom. The Bertz CT molecular complexity index is 1220. The monoisotopic (exact) mass is 347 g/mol. The van der Waals surface area contributed by atoms with Crippen LogP contribution in [-0.4, -0.2) is 15.6 Å². The van der Waals surface area contributed by atoms with Gasteiger partial charge in [-0.15, -0.1) is 0 Å². The van der Waals surface area contributed by atoms with Crippen molar-refractivity contribution in [3.63, 3.8) is 0 Å². The number of imidazole rings is 1. The van der Waals surface area contributed by atoms with Crippen molar-refractivity contribution in [2.75, 3.05) is 0 Å². The number of hydrogen-bond donors (Lipinski definition) is 0. The van der Waals surface area contributed by atoms with E-state index in [0.717, 1.165) is 22.5 Å². The molecule has 0 saturated carbocycles. The van der Waals surface area contributed by atoms with Gasteiger partial charge >= 0.3 is 0 Å². The lowest BCUT2D eigenvalue weighted by Gasteiger charge is -2.01. The normalized spacial score (nSPS) is 10.7. The maximum absolute atomic E-state index is 9.00. The Morgan fingerprint density at radius 1 is 0.852 bits per heavy atom. The van der Waals surface area contributed by atoms with Crippen LogP contribution in [0.5, 0.6) is 0 Å². The molecule has 0 spiro atoms. The van der Waals surface area contributed by atoms with Gasteiger partial charge in [-0.3, -0.25) is 4.40 Å². The fourth-order valence-electron chi connectivity index (χ4n) is 2.78. The van der Waals surface area contributed by atoms with Crippen LogP contribution in [0.1, 0.15) is 16.7 Å². The van der Waals surface area contributed by atoms with Crippen LogP contribution >= 0.6 is 0 Å². The molecule has 5 nitrogen and oxygen atoms in total. The zero-order valence-corrected chi connectivity index (χ0v) is 14.2. The first-order valence-electron chi connectivity index (χ1n) is 8.30. The number of aromatic nitrogens is 2. The summed E-state index contributed by atoms with van der Waals surface area (Å²) in [4.78, 5) is 9.37. The number of nitriles is 2. The molecule has 4 aromatic rings. The first-order valence-corrected chi connectivity index (χ1v) is 8.30. The minimum absolute atomic E-state index is 0.602. The van der Waals surface area contributed by atoms with E-state index in [1.165, 1.54) is 0 Å². The van der Waals surface area contributed by atoms with E-state index < -0.39 is 0 Å². The molecule has 0 N–H and O–H groups in total. The predicted octanol–water partition coefficient (Wildman–Crippen LogP) is 4.50. The number of benzene rings is 2. The lowest BCUT2D eigenvalue weighted by atomic mass is 10.1. The van der Waals surface area contributed by atoms with E-state index >= 15 is 0 Å². The number of rotatable bonds is 3. The molecule has 0 saturated heterocycles. The number of fused-ring (bicyclic) bond motifs is 1. The lowest BCUT2D eigenvalue weighted by molar-refractivity contribution is 1.17. The van der Waals surface area contributed by atoms with Crippen LogP contribution in [-0.2, 0) is 0 Å².